The Morgan fingerprint density at radius 2 is 1.96 bits per heavy atom. The normalized spacial score (nSPS) is 15.8. The first-order valence-corrected chi connectivity index (χ1v) is 8.53. The van der Waals surface area contributed by atoms with Crippen LogP contribution in [0.3, 0.4) is 0 Å². The van der Waals surface area contributed by atoms with Gasteiger partial charge in [0.25, 0.3) is 0 Å². The van der Waals surface area contributed by atoms with Gasteiger partial charge in [-0.3, -0.25) is 4.79 Å². The highest BCUT2D eigenvalue weighted by Gasteiger charge is 2.24. The summed E-state index contributed by atoms with van der Waals surface area (Å²) < 4.78 is 5.21. The van der Waals surface area contributed by atoms with E-state index in [1.165, 1.54) is 12.8 Å². The summed E-state index contributed by atoms with van der Waals surface area (Å²) in [4.78, 5) is 27.9. The predicted octanol–water partition coefficient (Wildman–Crippen LogP) is 2.60. The molecule has 1 amide bonds. The predicted molar refractivity (Wildman–Crippen MR) is 88.8 cm³/mol. The van der Waals surface area contributed by atoms with E-state index in [4.69, 9.17) is 4.52 Å². The van der Waals surface area contributed by atoms with E-state index in [2.05, 4.69) is 15.5 Å². The molecule has 7 heteroatoms. The van der Waals surface area contributed by atoms with E-state index in [9.17, 15) is 14.7 Å². The van der Waals surface area contributed by atoms with E-state index in [0.717, 1.165) is 18.7 Å². The number of nitrogens with zero attached hydrogens (tertiary/aromatic N) is 2. The number of aryl methyl sites for hydroxylation is 1. The van der Waals surface area contributed by atoms with Crippen LogP contribution >= 0.6 is 0 Å². The lowest BCUT2D eigenvalue weighted by atomic mass is 10.1. The minimum Gasteiger partial charge on any atom is -0.479 e. The Balaban J connectivity index is 1.54. The number of carboxylic acids is 1. The Morgan fingerprint density at radius 3 is 2.64 bits per heavy atom. The molecular weight excluding hydrogens is 322 g/mol. The maximum atomic E-state index is 12.1. The summed E-state index contributed by atoms with van der Waals surface area (Å²) in [5.41, 5.74) is 0.532. The van der Waals surface area contributed by atoms with Crippen molar-refractivity contribution in [3.05, 3.63) is 47.6 Å². The van der Waals surface area contributed by atoms with Crippen molar-refractivity contribution in [2.45, 2.75) is 50.5 Å². The molecule has 0 bridgehead atoms. The third-order valence-electron chi connectivity index (χ3n) is 4.46. The number of carbonyl (C=O) groups excluding carboxylic acids is 1. The molecule has 1 saturated carbocycles. The SMILES string of the molecule is O=C(CCc1nc(C2CCCC2)no1)N[C@@H](C(=O)O)c1ccccc1. The molecule has 1 aliphatic rings. The summed E-state index contributed by atoms with van der Waals surface area (Å²) in [6.45, 7) is 0. The molecule has 0 aliphatic heterocycles. The lowest BCUT2D eigenvalue weighted by molar-refractivity contribution is -0.142. The van der Waals surface area contributed by atoms with Gasteiger partial charge >= 0.3 is 5.97 Å². The van der Waals surface area contributed by atoms with E-state index in [1.54, 1.807) is 30.3 Å². The van der Waals surface area contributed by atoms with Crippen LogP contribution in [0.15, 0.2) is 34.9 Å². The molecule has 1 fully saturated rings. The maximum absolute atomic E-state index is 12.1. The van der Waals surface area contributed by atoms with E-state index >= 15 is 0 Å². The summed E-state index contributed by atoms with van der Waals surface area (Å²) in [5.74, 6) is 0.0442. The number of rotatable bonds is 7. The number of aromatic nitrogens is 2. The number of aliphatic carboxylic acids is 1. The van der Waals surface area contributed by atoms with Gasteiger partial charge in [-0.2, -0.15) is 4.98 Å². The van der Waals surface area contributed by atoms with Gasteiger partial charge in [-0.1, -0.05) is 48.3 Å². The third-order valence-corrected chi connectivity index (χ3v) is 4.46. The molecule has 2 aromatic rings. The second-order valence-corrected chi connectivity index (χ2v) is 6.28. The Hall–Kier alpha value is -2.70. The van der Waals surface area contributed by atoms with Crippen LogP contribution in [0.1, 0.15) is 61.3 Å². The Morgan fingerprint density at radius 1 is 1.24 bits per heavy atom. The number of hydrogen-bond acceptors (Lipinski definition) is 5. The van der Waals surface area contributed by atoms with Crippen LogP contribution in [0.2, 0.25) is 0 Å². The highest BCUT2D eigenvalue weighted by Crippen LogP contribution is 2.32. The van der Waals surface area contributed by atoms with Crippen molar-refractivity contribution in [3.63, 3.8) is 0 Å². The van der Waals surface area contributed by atoms with Gasteiger partial charge in [-0.15, -0.1) is 0 Å². The van der Waals surface area contributed by atoms with Crippen LogP contribution in [0.5, 0.6) is 0 Å². The average Bonchev–Trinajstić information content (AvgIpc) is 3.29. The first-order valence-electron chi connectivity index (χ1n) is 8.53. The van der Waals surface area contributed by atoms with Crippen molar-refractivity contribution in [2.24, 2.45) is 0 Å². The van der Waals surface area contributed by atoms with E-state index in [1.807, 2.05) is 0 Å². The molecule has 1 heterocycles. The minimum atomic E-state index is -1.10. The van der Waals surface area contributed by atoms with Crippen LogP contribution in [-0.2, 0) is 16.0 Å². The summed E-state index contributed by atoms with van der Waals surface area (Å²) in [6.07, 6.45) is 4.93. The summed E-state index contributed by atoms with van der Waals surface area (Å²) in [6, 6.07) is 7.55. The van der Waals surface area contributed by atoms with Gasteiger partial charge in [0.2, 0.25) is 11.8 Å². The topological polar surface area (TPSA) is 105 Å². The summed E-state index contributed by atoms with van der Waals surface area (Å²) in [5, 5.41) is 15.9. The molecule has 25 heavy (non-hydrogen) atoms. The molecule has 1 aromatic heterocycles. The monoisotopic (exact) mass is 343 g/mol. The first kappa shape index (κ1) is 17.1. The zero-order valence-corrected chi connectivity index (χ0v) is 13.9. The largest absolute Gasteiger partial charge is 0.479 e. The third kappa shape index (κ3) is 4.43. The van der Waals surface area contributed by atoms with Gasteiger partial charge in [-0.05, 0) is 18.4 Å². The van der Waals surface area contributed by atoms with Gasteiger partial charge in [-0.25, -0.2) is 4.79 Å². The lowest BCUT2D eigenvalue weighted by Crippen LogP contribution is -2.33. The van der Waals surface area contributed by atoms with Crippen molar-refractivity contribution in [1.29, 1.82) is 0 Å². The first-order chi connectivity index (χ1) is 12.1. The Labute approximate surface area is 145 Å². The fourth-order valence-corrected chi connectivity index (χ4v) is 3.11. The summed E-state index contributed by atoms with van der Waals surface area (Å²) >= 11 is 0. The quantitative estimate of drug-likeness (QED) is 0.800. The van der Waals surface area contributed by atoms with Gasteiger partial charge < -0.3 is 14.9 Å². The number of nitrogens with one attached hydrogen (secondary N) is 1. The molecule has 3 rings (SSSR count). The number of carboxylic acid groups (broad SMARTS) is 1. The Bertz CT molecular complexity index is 723. The molecule has 1 aromatic carbocycles. The zero-order chi connectivity index (χ0) is 17.6. The van der Waals surface area contributed by atoms with Crippen molar-refractivity contribution >= 4 is 11.9 Å². The van der Waals surface area contributed by atoms with Gasteiger partial charge in [0.1, 0.15) is 0 Å². The van der Waals surface area contributed by atoms with Crippen LogP contribution < -0.4 is 5.32 Å². The average molecular weight is 343 g/mol. The number of carbonyl (C=O) groups is 2. The smallest absolute Gasteiger partial charge is 0.330 e. The van der Waals surface area contributed by atoms with Crippen molar-refractivity contribution in [1.82, 2.24) is 15.5 Å². The Kier molecular flexibility index (Phi) is 5.42. The van der Waals surface area contributed by atoms with Gasteiger partial charge in [0.15, 0.2) is 11.9 Å². The standard InChI is InChI=1S/C18H21N3O4/c22-14(19-16(18(23)24)12-6-2-1-3-7-12)10-11-15-20-17(21-25-15)13-8-4-5-9-13/h1-3,6-7,13,16H,4-5,8-11H2,(H,19,22)(H,23,24)/t16-/m1/s1. The van der Waals surface area contributed by atoms with Crippen LogP contribution in [0.25, 0.3) is 0 Å². The van der Waals surface area contributed by atoms with E-state index < -0.39 is 12.0 Å². The van der Waals surface area contributed by atoms with Crippen LogP contribution in [-0.4, -0.2) is 27.1 Å². The highest BCUT2D eigenvalue weighted by molar-refractivity contribution is 5.84. The lowest BCUT2D eigenvalue weighted by Gasteiger charge is -2.14. The van der Waals surface area contributed by atoms with Crippen LogP contribution in [0, 0.1) is 0 Å². The molecule has 1 atom stereocenters. The molecule has 7 nitrogen and oxygen atoms in total. The number of hydrogen-bond donors (Lipinski definition) is 2. The maximum Gasteiger partial charge on any atom is 0.330 e. The van der Waals surface area contributed by atoms with Crippen molar-refractivity contribution in [2.75, 3.05) is 0 Å². The minimum absolute atomic E-state index is 0.100. The molecular formula is C18H21N3O4. The molecule has 0 saturated heterocycles. The molecule has 2 N–H and O–H groups in total. The second kappa shape index (κ2) is 7.92. The highest BCUT2D eigenvalue weighted by atomic mass is 16.5. The summed E-state index contributed by atoms with van der Waals surface area (Å²) in [7, 11) is 0. The fraction of sp³-hybridized carbons (Fsp3) is 0.444. The van der Waals surface area contributed by atoms with Gasteiger partial charge in [0.05, 0.1) is 0 Å². The van der Waals surface area contributed by atoms with Crippen molar-refractivity contribution in [3.8, 4) is 0 Å². The fourth-order valence-electron chi connectivity index (χ4n) is 3.11. The van der Waals surface area contributed by atoms with Crippen molar-refractivity contribution < 1.29 is 19.2 Å². The molecule has 0 spiro atoms. The zero-order valence-electron chi connectivity index (χ0n) is 13.9. The number of amides is 1. The molecule has 0 unspecified atom stereocenters. The molecule has 0 radical (unpaired) electrons. The van der Waals surface area contributed by atoms with E-state index in [0.29, 0.717) is 23.8 Å². The van der Waals surface area contributed by atoms with Crippen LogP contribution in [0.4, 0.5) is 0 Å². The second-order valence-electron chi connectivity index (χ2n) is 6.28. The molecule has 1 aliphatic carbocycles. The van der Waals surface area contributed by atoms with E-state index in [-0.39, 0.29) is 12.3 Å². The number of benzene rings is 1. The van der Waals surface area contributed by atoms with Gasteiger partial charge in [0, 0.05) is 18.8 Å². The molecule has 132 valence electrons.